The van der Waals surface area contributed by atoms with Crippen LogP contribution in [0.5, 0.6) is 0 Å². The standard InChI is InChI=1S/C7H16BrNO2S/c1-4-7(8)5-9-12(10,11)6(2)3/h6-7,9H,4-5H2,1-3H3. The Labute approximate surface area is 83.1 Å². The summed E-state index contributed by atoms with van der Waals surface area (Å²) < 4.78 is 25.0. The quantitative estimate of drug-likeness (QED) is 0.759. The Kier molecular flexibility index (Phi) is 5.36. The highest BCUT2D eigenvalue weighted by atomic mass is 79.9. The van der Waals surface area contributed by atoms with Gasteiger partial charge in [0.2, 0.25) is 10.0 Å². The van der Waals surface area contributed by atoms with Gasteiger partial charge in [-0.1, -0.05) is 22.9 Å². The molecule has 0 bridgehead atoms. The van der Waals surface area contributed by atoms with E-state index in [1.807, 2.05) is 6.92 Å². The minimum absolute atomic E-state index is 0.228. The van der Waals surface area contributed by atoms with Crippen molar-refractivity contribution in [3.63, 3.8) is 0 Å². The van der Waals surface area contributed by atoms with Crippen LogP contribution in [0.15, 0.2) is 0 Å². The molecule has 0 aromatic carbocycles. The molecule has 0 saturated heterocycles. The number of hydrogen-bond donors (Lipinski definition) is 1. The summed E-state index contributed by atoms with van der Waals surface area (Å²) in [4.78, 5) is 0.228. The molecule has 0 aromatic heterocycles. The summed E-state index contributed by atoms with van der Waals surface area (Å²) in [5.41, 5.74) is 0. The molecule has 0 aliphatic carbocycles. The number of rotatable bonds is 5. The van der Waals surface area contributed by atoms with Crippen molar-refractivity contribution < 1.29 is 8.42 Å². The molecule has 1 atom stereocenters. The maximum Gasteiger partial charge on any atom is 0.213 e. The first-order valence-corrected chi connectivity index (χ1v) is 6.49. The summed E-state index contributed by atoms with van der Waals surface area (Å²) in [5, 5.41) is -0.353. The molecule has 12 heavy (non-hydrogen) atoms. The fourth-order valence-corrected chi connectivity index (χ4v) is 1.66. The second-order valence-electron chi connectivity index (χ2n) is 2.95. The van der Waals surface area contributed by atoms with Gasteiger partial charge in [0.1, 0.15) is 0 Å². The zero-order chi connectivity index (χ0) is 9.78. The van der Waals surface area contributed by atoms with Crippen molar-refractivity contribution in [3.05, 3.63) is 0 Å². The molecule has 0 spiro atoms. The maximum atomic E-state index is 11.2. The van der Waals surface area contributed by atoms with Crippen LogP contribution >= 0.6 is 15.9 Å². The topological polar surface area (TPSA) is 46.2 Å². The smallest absolute Gasteiger partial charge is 0.213 e. The third-order valence-corrected chi connectivity index (χ3v) is 4.35. The van der Waals surface area contributed by atoms with Gasteiger partial charge in [-0.2, -0.15) is 0 Å². The van der Waals surface area contributed by atoms with Gasteiger partial charge in [-0.3, -0.25) is 0 Å². The van der Waals surface area contributed by atoms with E-state index in [1.54, 1.807) is 13.8 Å². The summed E-state index contributed by atoms with van der Waals surface area (Å²) in [6, 6.07) is 0. The van der Waals surface area contributed by atoms with Gasteiger partial charge < -0.3 is 0 Å². The highest BCUT2D eigenvalue weighted by Crippen LogP contribution is 2.04. The van der Waals surface area contributed by atoms with Gasteiger partial charge in [-0.25, -0.2) is 13.1 Å². The summed E-state index contributed by atoms with van der Waals surface area (Å²) in [7, 11) is -3.08. The zero-order valence-electron chi connectivity index (χ0n) is 7.67. The van der Waals surface area contributed by atoms with Crippen LogP contribution < -0.4 is 4.72 Å². The minimum atomic E-state index is -3.08. The fraction of sp³-hybridized carbons (Fsp3) is 1.00. The highest BCUT2D eigenvalue weighted by molar-refractivity contribution is 9.09. The lowest BCUT2D eigenvalue weighted by Gasteiger charge is -2.11. The number of halogens is 1. The van der Waals surface area contributed by atoms with Crippen molar-refractivity contribution in [2.45, 2.75) is 37.3 Å². The lowest BCUT2D eigenvalue weighted by molar-refractivity contribution is 0.571. The molecule has 0 fully saturated rings. The van der Waals surface area contributed by atoms with Crippen LogP contribution in [0.25, 0.3) is 0 Å². The van der Waals surface area contributed by atoms with E-state index in [1.165, 1.54) is 0 Å². The Bertz CT molecular complexity index is 213. The van der Waals surface area contributed by atoms with Crippen LogP contribution in [-0.4, -0.2) is 25.0 Å². The van der Waals surface area contributed by atoms with Gasteiger partial charge in [0.05, 0.1) is 5.25 Å². The summed E-state index contributed by atoms with van der Waals surface area (Å²) in [6.07, 6.45) is 0.917. The average Bonchev–Trinajstić information content (AvgIpc) is 2.00. The predicted molar refractivity (Wildman–Crippen MR) is 55.1 cm³/mol. The monoisotopic (exact) mass is 257 g/mol. The molecule has 0 aliphatic rings. The van der Waals surface area contributed by atoms with Crippen LogP contribution in [0, 0.1) is 0 Å². The molecule has 0 rings (SSSR count). The second-order valence-corrected chi connectivity index (χ2v) is 6.56. The number of nitrogens with one attached hydrogen (secondary N) is 1. The molecular weight excluding hydrogens is 242 g/mol. The van der Waals surface area contributed by atoms with Crippen molar-refractivity contribution in [1.82, 2.24) is 4.72 Å². The van der Waals surface area contributed by atoms with E-state index in [0.717, 1.165) is 6.42 Å². The number of alkyl halides is 1. The SMILES string of the molecule is CCC(Br)CNS(=O)(=O)C(C)C. The van der Waals surface area contributed by atoms with Crippen LogP contribution in [0.2, 0.25) is 0 Å². The molecule has 5 heteroatoms. The van der Waals surface area contributed by atoms with E-state index in [4.69, 9.17) is 0 Å². The molecule has 0 heterocycles. The molecule has 0 saturated carbocycles. The minimum Gasteiger partial charge on any atom is -0.214 e. The van der Waals surface area contributed by atoms with Crippen LogP contribution in [0.3, 0.4) is 0 Å². The molecule has 74 valence electrons. The lowest BCUT2D eigenvalue weighted by atomic mass is 10.3. The molecule has 1 N–H and O–H groups in total. The number of hydrogen-bond acceptors (Lipinski definition) is 2. The molecule has 1 unspecified atom stereocenters. The van der Waals surface area contributed by atoms with Crippen LogP contribution in [0.1, 0.15) is 27.2 Å². The zero-order valence-corrected chi connectivity index (χ0v) is 10.1. The first kappa shape index (κ1) is 12.4. The first-order valence-electron chi connectivity index (χ1n) is 4.02. The Balaban J connectivity index is 3.94. The predicted octanol–water partition coefficient (Wildman–Crippen LogP) is 1.49. The molecule has 0 aliphatic heterocycles. The summed E-state index contributed by atoms with van der Waals surface area (Å²) in [6.45, 7) is 5.80. The fourth-order valence-electron chi connectivity index (χ4n) is 0.518. The van der Waals surface area contributed by atoms with Crippen molar-refractivity contribution in [3.8, 4) is 0 Å². The second kappa shape index (κ2) is 5.19. The molecule has 0 amide bonds. The maximum absolute atomic E-state index is 11.2. The Hall–Kier alpha value is 0.390. The normalized spacial score (nSPS) is 15.1. The van der Waals surface area contributed by atoms with Gasteiger partial charge >= 0.3 is 0 Å². The van der Waals surface area contributed by atoms with Crippen LogP contribution in [-0.2, 0) is 10.0 Å². The van der Waals surface area contributed by atoms with E-state index in [2.05, 4.69) is 20.7 Å². The average molecular weight is 258 g/mol. The van der Waals surface area contributed by atoms with Crippen molar-refractivity contribution >= 4 is 26.0 Å². The summed E-state index contributed by atoms with van der Waals surface area (Å²) in [5.74, 6) is 0. The lowest BCUT2D eigenvalue weighted by Crippen LogP contribution is -2.34. The van der Waals surface area contributed by atoms with E-state index in [-0.39, 0.29) is 10.1 Å². The Morgan fingerprint density at radius 2 is 1.92 bits per heavy atom. The van der Waals surface area contributed by atoms with Gasteiger partial charge in [-0.05, 0) is 20.3 Å². The molecule has 0 radical (unpaired) electrons. The van der Waals surface area contributed by atoms with E-state index in [9.17, 15) is 8.42 Å². The highest BCUT2D eigenvalue weighted by Gasteiger charge is 2.15. The molecule has 0 aromatic rings. The van der Waals surface area contributed by atoms with Crippen LogP contribution in [0.4, 0.5) is 0 Å². The largest absolute Gasteiger partial charge is 0.214 e. The van der Waals surface area contributed by atoms with E-state index < -0.39 is 10.0 Å². The van der Waals surface area contributed by atoms with Crippen molar-refractivity contribution in [2.75, 3.05) is 6.54 Å². The number of sulfonamides is 1. The van der Waals surface area contributed by atoms with Gasteiger partial charge in [0.25, 0.3) is 0 Å². The Morgan fingerprint density at radius 3 is 2.25 bits per heavy atom. The van der Waals surface area contributed by atoms with E-state index in [0.29, 0.717) is 6.54 Å². The van der Waals surface area contributed by atoms with Gasteiger partial charge in [-0.15, -0.1) is 0 Å². The third kappa shape index (κ3) is 4.42. The van der Waals surface area contributed by atoms with E-state index >= 15 is 0 Å². The first-order chi connectivity index (χ1) is 5.40. The Morgan fingerprint density at radius 1 is 1.42 bits per heavy atom. The van der Waals surface area contributed by atoms with Gasteiger partial charge in [0.15, 0.2) is 0 Å². The molecular formula is C7H16BrNO2S. The molecule has 3 nitrogen and oxygen atoms in total. The summed E-state index contributed by atoms with van der Waals surface area (Å²) >= 11 is 3.35. The van der Waals surface area contributed by atoms with Gasteiger partial charge in [0, 0.05) is 11.4 Å². The van der Waals surface area contributed by atoms with Crippen molar-refractivity contribution in [2.24, 2.45) is 0 Å². The third-order valence-electron chi connectivity index (χ3n) is 1.57. The van der Waals surface area contributed by atoms with Crippen molar-refractivity contribution in [1.29, 1.82) is 0 Å².